The standard InChI is InChI=1S/C22H19N3O2S/c1-27-18-8-6-15(7-9-18)19-13-25-17(14-28-22(25)23-19)12-21(26)24-11-10-16-4-2-3-5-20(16)24/h2-9,13-14H,10-12H2,1H3. The van der Waals surface area contributed by atoms with Crippen LogP contribution in [0.1, 0.15) is 11.3 Å². The molecule has 0 radical (unpaired) electrons. The van der Waals surface area contributed by atoms with Crippen LogP contribution in [0, 0.1) is 0 Å². The number of carbonyl (C=O) groups is 1. The lowest BCUT2D eigenvalue weighted by Gasteiger charge is -2.17. The van der Waals surface area contributed by atoms with E-state index in [0.29, 0.717) is 6.42 Å². The Balaban J connectivity index is 1.41. The number of amides is 1. The number of methoxy groups -OCH3 is 1. The molecule has 0 spiro atoms. The molecule has 1 aliphatic rings. The molecule has 6 heteroatoms. The largest absolute Gasteiger partial charge is 0.497 e. The molecule has 0 fully saturated rings. The third-order valence-electron chi connectivity index (χ3n) is 5.19. The summed E-state index contributed by atoms with van der Waals surface area (Å²) in [7, 11) is 1.66. The molecule has 5 rings (SSSR count). The van der Waals surface area contributed by atoms with Gasteiger partial charge < -0.3 is 9.64 Å². The number of rotatable bonds is 4. The number of benzene rings is 2. The molecule has 1 amide bonds. The third-order valence-corrected chi connectivity index (χ3v) is 6.08. The van der Waals surface area contributed by atoms with Crippen molar-refractivity contribution < 1.29 is 9.53 Å². The van der Waals surface area contributed by atoms with Gasteiger partial charge in [0.05, 0.1) is 19.2 Å². The van der Waals surface area contributed by atoms with Crippen LogP contribution in [0.25, 0.3) is 16.2 Å². The van der Waals surface area contributed by atoms with Gasteiger partial charge in [-0.3, -0.25) is 9.20 Å². The van der Waals surface area contributed by atoms with Gasteiger partial charge in [0.15, 0.2) is 4.96 Å². The van der Waals surface area contributed by atoms with Gasteiger partial charge in [0.25, 0.3) is 0 Å². The fourth-order valence-corrected chi connectivity index (χ4v) is 4.58. The molecule has 140 valence electrons. The lowest BCUT2D eigenvalue weighted by Crippen LogP contribution is -2.30. The monoisotopic (exact) mass is 389 g/mol. The number of thiazole rings is 1. The minimum Gasteiger partial charge on any atom is -0.497 e. The summed E-state index contributed by atoms with van der Waals surface area (Å²) in [5.41, 5.74) is 5.19. The molecule has 28 heavy (non-hydrogen) atoms. The van der Waals surface area contributed by atoms with Crippen LogP contribution in [-0.4, -0.2) is 28.9 Å². The Morgan fingerprint density at radius 2 is 2.00 bits per heavy atom. The molecule has 2 aromatic heterocycles. The molecule has 4 aromatic rings. The Labute approximate surface area is 166 Å². The molecule has 0 aliphatic carbocycles. The average molecular weight is 389 g/mol. The maximum absolute atomic E-state index is 12.9. The molecule has 0 saturated heterocycles. The highest BCUT2D eigenvalue weighted by molar-refractivity contribution is 7.15. The summed E-state index contributed by atoms with van der Waals surface area (Å²) in [6.07, 6.45) is 3.30. The number of hydrogen-bond acceptors (Lipinski definition) is 4. The number of hydrogen-bond donors (Lipinski definition) is 0. The van der Waals surface area contributed by atoms with E-state index in [9.17, 15) is 4.79 Å². The van der Waals surface area contributed by atoms with Gasteiger partial charge in [-0.2, -0.15) is 0 Å². The highest BCUT2D eigenvalue weighted by Crippen LogP contribution is 2.29. The average Bonchev–Trinajstić information content (AvgIpc) is 3.43. The van der Waals surface area contributed by atoms with Crippen molar-refractivity contribution in [2.24, 2.45) is 0 Å². The lowest BCUT2D eigenvalue weighted by molar-refractivity contribution is -0.117. The second-order valence-corrected chi connectivity index (χ2v) is 7.67. The molecule has 0 saturated carbocycles. The summed E-state index contributed by atoms with van der Waals surface area (Å²) < 4.78 is 7.25. The van der Waals surface area contributed by atoms with Gasteiger partial charge in [0, 0.05) is 35.1 Å². The van der Waals surface area contributed by atoms with Gasteiger partial charge in [-0.05, 0) is 42.3 Å². The molecule has 1 aliphatic heterocycles. The van der Waals surface area contributed by atoms with Crippen LogP contribution in [0.15, 0.2) is 60.1 Å². The van der Waals surface area contributed by atoms with Crippen LogP contribution in [0.3, 0.4) is 0 Å². The SMILES string of the molecule is COc1ccc(-c2cn3c(CC(=O)N4CCc5ccccc54)csc3n2)cc1. The second-order valence-electron chi connectivity index (χ2n) is 6.84. The Kier molecular flexibility index (Phi) is 4.13. The fourth-order valence-electron chi connectivity index (χ4n) is 3.71. The van der Waals surface area contributed by atoms with Crippen molar-refractivity contribution in [3.8, 4) is 17.0 Å². The van der Waals surface area contributed by atoms with Crippen molar-refractivity contribution >= 4 is 27.9 Å². The summed E-state index contributed by atoms with van der Waals surface area (Å²) in [6.45, 7) is 0.756. The smallest absolute Gasteiger partial charge is 0.232 e. The van der Waals surface area contributed by atoms with Gasteiger partial charge >= 0.3 is 0 Å². The number of nitrogens with zero attached hydrogens (tertiary/aromatic N) is 3. The molecular formula is C22H19N3O2S. The number of anilines is 1. The topological polar surface area (TPSA) is 46.8 Å². The summed E-state index contributed by atoms with van der Waals surface area (Å²) in [5.74, 6) is 0.950. The quantitative estimate of drug-likeness (QED) is 0.525. The van der Waals surface area contributed by atoms with Gasteiger partial charge in [-0.25, -0.2) is 4.98 Å². The maximum atomic E-state index is 12.9. The van der Waals surface area contributed by atoms with E-state index in [-0.39, 0.29) is 5.91 Å². The van der Waals surface area contributed by atoms with Crippen LogP contribution in [-0.2, 0) is 17.6 Å². The minimum atomic E-state index is 0.129. The van der Waals surface area contributed by atoms with Gasteiger partial charge in [0.2, 0.25) is 5.91 Å². The highest BCUT2D eigenvalue weighted by atomic mass is 32.1. The first kappa shape index (κ1) is 17.0. The minimum absolute atomic E-state index is 0.129. The maximum Gasteiger partial charge on any atom is 0.232 e. The van der Waals surface area contributed by atoms with Crippen LogP contribution >= 0.6 is 11.3 Å². The first-order valence-electron chi connectivity index (χ1n) is 9.21. The molecular weight excluding hydrogens is 370 g/mol. The lowest BCUT2D eigenvalue weighted by atomic mass is 10.1. The zero-order valence-electron chi connectivity index (χ0n) is 15.5. The molecule has 0 N–H and O–H groups in total. The first-order valence-corrected chi connectivity index (χ1v) is 10.1. The third kappa shape index (κ3) is 2.86. The predicted molar refractivity (Wildman–Crippen MR) is 111 cm³/mol. The Morgan fingerprint density at radius 1 is 1.18 bits per heavy atom. The summed E-state index contributed by atoms with van der Waals surface area (Å²) in [5, 5.41) is 2.03. The van der Waals surface area contributed by atoms with E-state index in [1.807, 2.05) is 63.3 Å². The van der Waals surface area contributed by atoms with Gasteiger partial charge in [-0.1, -0.05) is 18.2 Å². The first-order chi connectivity index (χ1) is 13.7. The summed E-state index contributed by atoms with van der Waals surface area (Å²) in [6, 6.07) is 16.0. The van der Waals surface area contributed by atoms with Crippen molar-refractivity contribution in [2.45, 2.75) is 12.8 Å². The van der Waals surface area contributed by atoms with Crippen molar-refractivity contribution in [2.75, 3.05) is 18.6 Å². The number of imidazole rings is 1. The number of aromatic nitrogens is 2. The normalized spacial score (nSPS) is 13.1. The summed E-state index contributed by atoms with van der Waals surface area (Å²) >= 11 is 1.56. The zero-order chi connectivity index (χ0) is 19.1. The van der Waals surface area contributed by atoms with E-state index in [1.165, 1.54) is 5.56 Å². The van der Waals surface area contributed by atoms with Crippen molar-refractivity contribution in [3.63, 3.8) is 0 Å². The van der Waals surface area contributed by atoms with Gasteiger partial charge in [-0.15, -0.1) is 11.3 Å². The van der Waals surface area contributed by atoms with E-state index in [4.69, 9.17) is 9.72 Å². The fraction of sp³-hybridized carbons (Fsp3) is 0.182. The number of carbonyl (C=O) groups excluding carboxylic acids is 1. The molecule has 0 atom stereocenters. The molecule has 2 aromatic carbocycles. The van der Waals surface area contributed by atoms with E-state index in [0.717, 1.165) is 46.3 Å². The second kappa shape index (κ2) is 6.80. The van der Waals surface area contributed by atoms with Crippen molar-refractivity contribution in [1.29, 1.82) is 0 Å². The number of fused-ring (bicyclic) bond motifs is 2. The van der Waals surface area contributed by atoms with Crippen LogP contribution in [0.5, 0.6) is 5.75 Å². The predicted octanol–water partition coefficient (Wildman–Crippen LogP) is 4.20. The van der Waals surface area contributed by atoms with Crippen molar-refractivity contribution in [1.82, 2.24) is 9.38 Å². The van der Waals surface area contributed by atoms with Crippen LogP contribution < -0.4 is 9.64 Å². The number of para-hydroxylation sites is 1. The molecule has 0 unspecified atom stereocenters. The highest BCUT2D eigenvalue weighted by Gasteiger charge is 2.25. The molecule has 3 heterocycles. The molecule has 5 nitrogen and oxygen atoms in total. The Bertz CT molecular complexity index is 1160. The van der Waals surface area contributed by atoms with Crippen LogP contribution in [0.4, 0.5) is 5.69 Å². The van der Waals surface area contributed by atoms with E-state index in [1.54, 1.807) is 18.4 Å². The van der Waals surface area contributed by atoms with E-state index in [2.05, 4.69) is 6.07 Å². The number of ether oxygens (including phenoxy) is 1. The molecule has 0 bridgehead atoms. The van der Waals surface area contributed by atoms with Crippen LogP contribution in [0.2, 0.25) is 0 Å². The van der Waals surface area contributed by atoms with Crippen molar-refractivity contribution in [3.05, 3.63) is 71.4 Å². The van der Waals surface area contributed by atoms with E-state index < -0.39 is 0 Å². The Morgan fingerprint density at radius 3 is 2.82 bits per heavy atom. The van der Waals surface area contributed by atoms with E-state index >= 15 is 0 Å². The Hall–Kier alpha value is -3.12. The van der Waals surface area contributed by atoms with Gasteiger partial charge in [0.1, 0.15) is 5.75 Å². The zero-order valence-corrected chi connectivity index (χ0v) is 16.3. The summed E-state index contributed by atoms with van der Waals surface area (Å²) in [4.78, 5) is 20.5.